The minimum absolute atomic E-state index is 0.137. The minimum atomic E-state index is -4.36. The molecule has 0 saturated heterocycles. The quantitative estimate of drug-likeness (QED) is 0.369. The van der Waals surface area contributed by atoms with E-state index in [0.717, 1.165) is 12.1 Å². The highest BCUT2D eigenvalue weighted by molar-refractivity contribution is 7.89. The first-order valence-electron chi connectivity index (χ1n) is 8.38. The second kappa shape index (κ2) is 9.56. The largest absolute Gasteiger partial charge is 0.416 e. The number of benzene rings is 2. The number of aliphatic imine (C=N–C) groups is 1. The lowest BCUT2D eigenvalue weighted by Crippen LogP contribution is -2.41. The van der Waals surface area contributed by atoms with Gasteiger partial charge in [0.2, 0.25) is 10.0 Å². The number of halogens is 3. The normalized spacial score (nSPS) is 12.6. The Morgan fingerprint density at radius 3 is 2.18 bits per heavy atom. The van der Waals surface area contributed by atoms with Crippen LogP contribution in [0.4, 0.5) is 13.2 Å². The molecule has 0 spiro atoms. The van der Waals surface area contributed by atoms with Crippen LogP contribution in [0.15, 0.2) is 64.5 Å². The van der Waals surface area contributed by atoms with Gasteiger partial charge in [0.05, 0.1) is 10.5 Å². The Labute approximate surface area is 161 Å². The van der Waals surface area contributed by atoms with Crippen LogP contribution in [0.1, 0.15) is 11.1 Å². The maximum atomic E-state index is 12.6. The van der Waals surface area contributed by atoms with Gasteiger partial charge >= 0.3 is 6.18 Å². The van der Waals surface area contributed by atoms with E-state index in [0.29, 0.717) is 11.5 Å². The van der Waals surface area contributed by atoms with Crippen molar-refractivity contribution in [1.29, 1.82) is 0 Å². The van der Waals surface area contributed by atoms with Crippen molar-refractivity contribution >= 4 is 16.0 Å². The fourth-order valence-electron chi connectivity index (χ4n) is 2.27. The third kappa shape index (κ3) is 6.54. The van der Waals surface area contributed by atoms with Gasteiger partial charge in [0, 0.05) is 26.7 Å². The van der Waals surface area contributed by atoms with Gasteiger partial charge in [-0.1, -0.05) is 30.3 Å². The average molecular weight is 414 g/mol. The minimum Gasteiger partial charge on any atom is -0.355 e. The van der Waals surface area contributed by atoms with Crippen molar-refractivity contribution in [3.63, 3.8) is 0 Å². The SMILES string of the molecule is CN=C(NCCNS(=O)(=O)c1ccccc1)NCc1ccc(C(F)(F)F)cc1. The van der Waals surface area contributed by atoms with Crippen molar-refractivity contribution in [3.05, 3.63) is 65.7 Å². The molecular formula is C18H21F3N4O2S. The molecule has 0 unspecified atom stereocenters. The second-order valence-electron chi connectivity index (χ2n) is 5.76. The molecule has 0 fully saturated rings. The molecule has 6 nitrogen and oxygen atoms in total. The van der Waals surface area contributed by atoms with E-state index in [9.17, 15) is 21.6 Å². The summed E-state index contributed by atoms with van der Waals surface area (Å²) in [4.78, 5) is 4.17. The molecule has 2 aromatic rings. The highest BCUT2D eigenvalue weighted by Gasteiger charge is 2.29. The van der Waals surface area contributed by atoms with Crippen LogP contribution in [0.3, 0.4) is 0 Å². The molecule has 2 aromatic carbocycles. The van der Waals surface area contributed by atoms with Crippen molar-refractivity contribution in [2.45, 2.75) is 17.6 Å². The first-order chi connectivity index (χ1) is 13.2. The summed E-state index contributed by atoms with van der Waals surface area (Å²) in [7, 11) is -2.04. The molecule has 0 atom stereocenters. The van der Waals surface area contributed by atoms with E-state index in [1.165, 1.54) is 31.3 Å². The number of hydrogen-bond donors (Lipinski definition) is 3. The monoisotopic (exact) mass is 414 g/mol. The van der Waals surface area contributed by atoms with Crippen LogP contribution in [0.5, 0.6) is 0 Å². The third-order valence-electron chi connectivity index (χ3n) is 3.73. The van der Waals surface area contributed by atoms with Crippen molar-refractivity contribution in [3.8, 4) is 0 Å². The summed E-state index contributed by atoms with van der Waals surface area (Å²) in [5.41, 5.74) is -0.0508. The molecule has 0 bridgehead atoms. The van der Waals surface area contributed by atoms with Gasteiger partial charge in [0.25, 0.3) is 0 Å². The number of nitrogens with one attached hydrogen (secondary N) is 3. The molecule has 0 amide bonds. The van der Waals surface area contributed by atoms with E-state index < -0.39 is 21.8 Å². The number of nitrogens with zero attached hydrogens (tertiary/aromatic N) is 1. The zero-order chi connectivity index (χ0) is 20.6. The highest BCUT2D eigenvalue weighted by atomic mass is 32.2. The molecule has 152 valence electrons. The number of rotatable bonds is 7. The van der Waals surface area contributed by atoms with Gasteiger partial charge in [-0.25, -0.2) is 13.1 Å². The Hall–Kier alpha value is -2.59. The van der Waals surface area contributed by atoms with Crippen molar-refractivity contribution in [2.75, 3.05) is 20.1 Å². The number of sulfonamides is 1. The molecule has 0 aromatic heterocycles. The summed E-state index contributed by atoms with van der Waals surface area (Å²) in [5, 5.41) is 5.88. The lowest BCUT2D eigenvalue weighted by molar-refractivity contribution is -0.137. The number of hydrogen-bond acceptors (Lipinski definition) is 3. The van der Waals surface area contributed by atoms with Gasteiger partial charge in [-0.15, -0.1) is 0 Å². The van der Waals surface area contributed by atoms with Crippen LogP contribution < -0.4 is 15.4 Å². The zero-order valence-corrected chi connectivity index (χ0v) is 15.9. The molecule has 0 heterocycles. The van der Waals surface area contributed by atoms with Gasteiger partial charge in [0.1, 0.15) is 0 Å². The molecule has 0 aliphatic heterocycles. The van der Waals surface area contributed by atoms with Crippen molar-refractivity contribution in [2.24, 2.45) is 4.99 Å². The molecular weight excluding hydrogens is 393 g/mol. The third-order valence-corrected chi connectivity index (χ3v) is 5.20. The smallest absolute Gasteiger partial charge is 0.355 e. The van der Waals surface area contributed by atoms with Gasteiger partial charge < -0.3 is 10.6 Å². The summed E-state index contributed by atoms with van der Waals surface area (Å²) < 4.78 is 64.3. The molecule has 0 radical (unpaired) electrons. The van der Waals surface area contributed by atoms with Crippen LogP contribution in [0, 0.1) is 0 Å². The van der Waals surface area contributed by atoms with E-state index in [4.69, 9.17) is 0 Å². The maximum absolute atomic E-state index is 12.6. The summed E-state index contributed by atoms with van der Waals surface area (Å²) in [6, 6.07) is 12.8. The van der Waals surface area contributed by atoms with E-state index in [1.54, 1.807) is 18.2 Å². The standard InChI is InChI=1S/C18H21F3N4O2S/c1-22-17(24-13-14-7-9-15(10-8-14)18(19,20)21)23-11-12-25-28(26,27)16-5-3-2-4-6-16/h2-10,25H,11-13H2,1H3,(H2,22,23,24). The molecule has 3 N–H and O–H groups in total. The van der Waals surface area contributed by atoms with E-state index in [2.05, 4.69) is 20.3 Å². The van der Waals surface area contributed by atoms with Gasteiger partial charge in [-0.2, -0.15) is 13.2 Å². The van der Waals surface area contributed by atoms with Crippen LogP contribution in [-0.4, -0.2) is 34.5 Å². The van der Waals surface area contributed by atoms with Gasteiger partial charge in [-0.3, -0.25) is 4.99 Å². The Kier molecular flexibility index (Phi) is 7.41. The fourth-order valence-corrected chi connectivity index (χ4v) is 3.32. The Balaban J connectivity index is 1.77. The molecule has 28 heavy (non-hydrogen) atoms. The number of alkyl halides is 3. The van der Waals surface area contributed by atoms with Crippen LogP contribution >= 0.6 is 0 Å². The molecule has 2 rings (SSSR count). The fraction of sp³-hybridized carbons (Fsp3) is 0.278. The maximum Gasteiger partial charge on any atom is 0.416 e. The van der Waals surface area contributed by atoms with Crippen LogP contribution in [0.2, 0.25) is 0 Å². The van der Waals surface area contributed by atoms with E-state index in [1.807, 2.05) is 0 Å². The summed E-state index contributed by atoms with van der Waals surface area (Å²) >= 11 is 0. The predicted molar refractivity (Wildman–Crippen MR) is 101 cm³/mol. The topological polar surface area (TPSA) is 82.6 Å². The summed E-state index contributed by atoms with van der Waals surface area (Å²) in [6.07, 6.45) is -4.36. The second-order valence-corrected chi connectivity index (χ2v) is 7.53. The van der Waals surface area contributed by atoms with Crippen LogP contribution in [-0.2, 0) is 22.7 Å². The lowest BCUT2D eigenvalue weighted by Gasteiger charge is -2.13. The Bertz CT molecular complexity index is 883. The van der Waals surface area contributed by atoms with Crippen LogP contribution in [0.25, 0.3) is 0 Å². The highest BCUT2D eigenvalue weighted by Crippen LogP contribution is 2.29. The zero-order valence-electron chi connectivity index (χ0n) is 15.1. The van der Waals surface area contributed by atoms with E-state index >= 15 is 0 Å². The molecule has 0 aliphatic carbocycles. The number of guanidine groups is 1. The van der Waals surface area contributed by atoms with Gasteiger partial charge in [0.15, 0.2) is 5.96 Å². The van der Waals surface area contributed by atoms with Crippen molar-refractivity contribution in [1.82, 2.24) is 15.4 Å². The molecule has 0 saturated carbocycles. The lowest BCUT2D eigenvalue weighted by atomic mass is 10.1. The first kappa shape index (κ1) is 21.7. The van der Waals surface area contributed by atoms with Crippen molar-refractivity contribution < 1.29 is 21.6 Å². The molecule has 10 heteroatoms. The summed E-state index contributed by atoms with van der Waals surface area (Å²) in [6.45, 7) is 0.685. The average Bonchev–Trinajstić information content (AvgIpc) is 2.68. The molecule has 0 aliphatic rings. The van der Waals surface area contributed by atoms with Gasteiger partial charge in [-0.05, 0) is 29.8 Å². The summed E-state index contributed by atoms with van der Waals surface area (Å²) in [5.74, 6) is 0.402. The van der Waals surface area contributed by atoms with E-state index in [-0.39, 0.29) is 24.5 Å². The Morgan fingerprint density at radius 1 is 0.964 bits per heavy atom. The Morgan fingerprint density at radius 2 is 1.61 bits per heavy atom. The predicted octanol–water partition coefficient (Wildman–Crippen LogP) is 2.35. The first-order valence-corrected chi connectivity index (χ1v) is 9.86.